The molecule has 0 amide bonds. The second-order valence-electron chi connectivity index (χ2n) is 1.88. The smallest absolute Gasteiger partial charge is 0.320 e. The number of aliphatic carboxylic acids is 1. The van der Waals surface area contributed by atoms with Crippen LogP contribution in [0.25, 0.3) is 0 Å². The van der Waals surface area contributed by atoms with Crippen LogP contribution in [0.2, 0.25) is 0 Å². The number of hydrogen-bond acceptors (Lipinski definition) is 3. The first kappa shape index (κ1) is 13.4. The van der Waals surface area contributed by atoms with Crippen molar-refractivity contribution in [3.63, 3.8) is 0 Å². The van der Waals surface area contributed by atoms with Gasteiger partial charge in [-0.2, -0.15) is 0 Å². The van der Waals surface area contributed by atoms with Crippen molar-refractivity contribution in [2.45, 2.75) is 18.9 Å². The molecule has 0 aromatic heterocycles. The topological polar surface area (TPSA) is 89.3 Å². The molecular formula is C5H12CeN2O2. The van der Waals surface area contributed by atoms with Gasteiger partial charge in [0.15, 0.2) is 0 Å². The molecule has 0 saturated heterocycles. The van der Waals surface area contributed by atoms with Crippen LogP contribution in [0.4, 0.5) is 0 Å². The van der Waals surface area contributed by atoms with Crippen LogP contribution in [-0.2, 0) is 4.79 Å². The monoisotopic (exact) mass is 272 g/mol. The van der Waals surface area contributed by atoms with Gasteiger partial charge >= 0.3 is 5.97 Å². The van der Waals surface area contributed by atoms with Gasteiger partial charge in [-0.15, -0.1) is 0 Å². The number of nitrogens with two attached hydrogens (primary N) is 2. The summed E-state index contributed by atoms with van der Waals surface area (Å²) in [7, 11) is 0. The van der Waals surface area contributed by atoms with Gasteiger partial charge in [0.25, 0.3) is 0 Å². The fourth-order valence-corrected chi connectivity index (χ4v) is 0.461. The summed E-state index contributed by atoms with van der Waals surface area (Å²) in [5, 5.41) is 8.24. The molecule has 0 saturated carbocycles. The van der Waals surface area contributed by atoms with Gasteiger partial charge in [0.05, 0.1) is 0 Å². The van der Waals surface area contributed by atoms with Gasteiger partial charge in [-0.1, -0.05) is 0 Å². The summed E-state index contributed by atoms with van der Waals surface area (Å²) >= 11 is 0. The second-order valence-corrected chi connectivity index (χ2v) is 1.88. The van der Waals surface area contributed by atoms with Crippen LogP contribution in [0.1, 0.15) is 12.8 Å². The molecule has 0 aliphatic carbocycles. The van der Waals surface area contributed by atoms with Crippen LogP contribution in [-0.4, -0.2) is 23.7 Å². The third kappa shape index (κ3) is 6.88. The molecular weight excluding hydrogens is 260 g/mol. The Hall–Kier alpha value is 0.767. The fraction of sp³-hybridized carbons (Fsp3) is 0.800. The molecule has 0 aliphatic heterocycles. The first-order chi connectivity index (χ1) is 4.18. The molecule has 0 unspecified atom stereocenters. The Bertz CT molecular complexity index is 99.6. The van der Waals surface area contributed by atoms with Crippen molar-refractivity contribution < 1.29 is 51.6 Å². The van der Waals surface area contributed by atoms with Gasteiger partial charge in [0.1, 0.15) is 6.04 Å². The molecule has 5 heteroatoms. The van der Waals surface area contributed by atoms with Crippen LogP contribution in [0, 0.1) is 41.7 Å². The largest absolute Gasteiger partial charge is 0.480 e. The Balaban J connectivity index is 0. The molecule has 0 radical (unpaired) electrons. The summed E-state index contributed by atoms with van der Waals surface area (Å²) in [5.74, 6) is -0.955. The van der Waals surface area contributed by atoms with Crippen LogP contribution in [0.5, 0.6) is 0 Å². The van der Waals surface area contributed by atoms with Crippen molar-refractivity contribution in [3.8, 4) is 0 Å². The van der Waals surface area contributed by atoms with Gasteiger partial charge in [-0.3, -0.25) is 4.79 Å². The van der Waals surface area contributed by atoms with Crippen molar-refractivity contribution in [3.05, 3.63) is 0 Å². The Kier molecular flexibility index (Phi) is 10.5. The molecule has 0 aromatic rings. The predicted molar refractivity (Wildman–Crippen MR) is 33.9 cm³/mol. The second kappa shape index (κ2) is 7.87. The molecule has 1 atom stereocenters. The number of rotatable bonds is 4. The average molecular weight is 272 g/mol. The Morgan fingerprint density at radius 2 is 2.10 bits per heavy atom. The molecule has 0 spiro atoms. The van der Waals surface area contributed by atoms with Gasteiger partial charge < -0.3 is 16.6 Å². The van der Waals surface area contributed by atoms with Crippen LogP contribution in [0.15, 0.2) is 0 Å². The van der Waals surface area contributed by atoms with Crippen molar-refractivity contribution in [2.24, 2.45) is 11.5 Å². The fourth-order valence-electron chi connectivity index (χ4n) is 0.461. The van der Waals surface area contributed by atoms with E-state index in [4.69, 9.17) is 16.6 Å². The van der Waals surface area contributed by atoms with E-state index in [1.165, 1.54) is 0 Å². The molecule has 5 N–H and O–H groups in total. The standard InChI is InChI=1S/C5H12N2O2.Ce/c6-3-1-2-4(7)5(8)9;/h4H,1-3,6-7H2,(H,8,9);/t4-;/m1./s1. The number of carbonyl (C=O) groups is 1. The maximum Gasteiger partial charge on any atom is 0.320 e. The molecule has 58 valence electrons. The van der Waals surface area contributed by atoms with Gasteiger partial charge in [-0.05, 0) is 19.4 Å². The van der Waals surface area contributed by atoms with Crippen LogP contribution < -0.4 is 11.5 Å². The Morgan fingerprint density at radius 3 is 2.40 bits per heavy atom. The third-order valence-corrected chi connectivity index (χ3v) is 1.04. The molecule has 0 rings (SSSR count). The zero-order chi connectivity index (χ0) is 7.28. The maximum atomic E-state index is 10.0. The third-order valence-electron chi connectivity index (χ3n) is 1.04. The number of carboxylic acids is 1. The average Bonchev–Trinajstić information content (AvgIpc) is 1.82. The van der Waals surface area contributed by atoms with Crippen LogP contribution >= 0.6 is 0 Å². The summed E-state index contributed by atoms with van der Waals surface area (Å²) in [4.78, 5) is 10.0. The minimum absolute atomic E-state index is 0. The predicted octanol–water partition coefficient (Wildman–Crippen LogP) is -0.863. The van der Waals surface area contributed by atoms with E-state index < -0.39 is 12.0 Å². The number of hydrogen-bond donors (Lipinski definition) is 3. The molecule has 0 aliphatic rings. The van der Waals surface area contributed by atoms with Gasteiger partial charge in [0.2, 0.25) is 0 Å². The van der Waals surface area contributed by atoms with Crippen molar-refractivity contribution >= 4 is 5.97 Å². The molecule has 10 heavy (non-hydrogen) atoms. The maximum absolute atomic E-state index is 10.0. The zero-order valence-corrected chi connectivity index (χ0v) is 8.85. The van der Waals surface area contributed by atoms with E-state index in [0.29, 0.717) is 19.4 Å². The molecule has 0 fully saturated rings. The zero-order valence-electron chi connectivity index (χ0n) is 5.71. The van der Waals surface area contributed by atoms with E-state index in [9.17, 15) is 4.79 Å². The SMILES string of the molecule is NCCC[C@@H](N)C(=O)O.[Ce]. The summed E-state index contributed by atoms with van der Waals surface area (Å²) in [5.41, 5.74) is 10.3. The van der Waals surface area contributed by atoms with E-state index in [-0.39, 0.29) is 41.7 Å². The number of carboxylic acid groups (broad SMARTS) is 1. The van der Waals surface area contributed by atoms with E-state index >= 15 is 0 Å². The van der Waals surface area contributed by atoms with E-state index in [2.05, 4.69) is 0 Å². The van der Waals surface area contributed by atoms with Crippen molar-refractivity contribution in [2.75, 3.05) is 6.54 Å². The van der Waals surface area contributed by atoms with Crippen molar-refractivity contribution in [1.29, 1.82) is 0 Å². The summed E-state index contributed by atoms with van der Waals surface area (Å²) < 4.78 is 0. The van der Waals surface area contributed by atoms with Gasteiger partial charge in [-0.25, -0.2) is 0 Å². The quantitative estimate of drug-likeness (QED) is 0.621. The van der Waals surface area contributed by atoms with E-state index in [1.54, 1.807) is 0 Å². The Morgan fingerprint density at radius 1 is 1.60 bits per heavy atom. The normalized spacial score (nSPS) is 11.8. The summed E-state index contributed by atoms with van der Waals surface area (Å²) in [6.45, 7) is 0.501. The molecule has 0 aromatic carbocycles. The first-order valence-electron chi connectivity index (χ1n) is 2.87. The van der Waals surface area contributed by atoms with E-state index in [0.717, 1.165) is 0 Å². The summed E-state index contributed by atoms with van der Waals surface area (Å²) in [6.07, 6.45) is 1.14. The molecule has 0 heterocycles. The van der Waals surface area contributed by atoms with Crippen LogP contribution in [0.3, 0.4) is 0 Å². The Labute approximate surface area is 93.7 Å². The minimum Gasteiger partial charge on any atom is -0.480 e. The van der Waals surface area contributed by atoms with Gasteiger partial charge in [0, 0.05) is 41.7 Å². The van der Waals surface area contributed by atoms with Crippen molar-refractivity contribution in [1.82, 2.24) is 0 Å². The minimum atomic E-state index is -0.955. The first-order valence-corrected chi connectivity index (χ1v) is 2.87. The molecule has 0 bridgehead atoms. The van der Waals surface area contributed by atoms with E-state index in [1.807, 2.05) is 0 Å². The summed E-state index contributed by atoms with van der Waals surface area (Å²) in [6, 6.07) is -0.742. The molecule has 4 nitrogen and oxygen atoms in total.